The van der Waals surface area contributed by atoms with Crippen molar-refractivity contribution in [3.8, 4) is 5.75 Å². The molecule has 1 aromatic carbocycles. The van der Waals surface area contributed by atoms with Gasteiger partial charge in [-0.2, -0.15) is 0 Å². The molecule has 0 unspecified atom stereocenters. The molecule has 0 aliphatic carbocycles. The van der Waals surface area contributed by atoms with E-state index in [1.54, 1.807) is 7.11 Å². The summed E-state index contributed by atoms with van der Waals surface area (Å²) in [5, 5.41) is 14.1. The molecular formula is C20H32N4O3. The highest BCUT2D eigenvalue weighted by Crippen LogP contribution is 2.23. The number of aliphatic hydroxyl groups is 1. The second-order valence-electron chi connectivity index (χ2n) is 7.18. The Hall–Kier alpha value is -1.99. The SMILES string of the molecule is CCNC(=NCC1(O)CCOCC1)N1CCN(c2cccc(OC)c2)CC1. The summed E-state index contributed by atoms with van der Waals surface area (Å²) in [4.78, 5) is 9.40. The van der Waals surface area contributed by atoms with Crippen LogP contribution in [0.2, 0.25) is 0 Å². The lowest BCUT2D eigenvalue weighted by molar-refractivity contribution is -0.0566. The van der Waals surface area contributed by atoms with Crippen molar-refractivity contribution in [1.82, 2.24) is 10.2 Å². The lowest BCUT2D eigenvalue weighted by atomic mass is 9.95. The molecule has 2 heterocycles. The minimum Gasteiger partial charge on any atom is -0.497 e. The van der Waals surface area contributed by atoms with Crippen molar-refractivity contribution in [2.24, 2.45) is 4.99 Å². The molecule has 0 saturated carbocycles. The highest BCUT2D eigenvalue weighted by Gasteiger charge is 2.30. The lowest BCUT2D eigenvalue weighted by Gasteiger charge is -2.38. The zero-order chi connectivity index (χ0) is 19.1. The fourth-order valence-electron chi connectivity index (χ4n) is 3.54. The first-order chi connectivity index (χ1) is 13.1. The van der Waals surface area contributed by atoms with Gasteiger partial charge in [0, 0.05) is 70.5 Å². The second kappa shape index (κ2) is 9.28. The van der Waals surface area contributed by atoms with Crippen LogP contribution >= 0.6 is 0 Å². The van der Waals surface area contributed by atoms with Gasteiger partial charge in [0.05, 0.1) is 19.3 Å². The van der Waals surface area contributed by atoms with Gasteiger partial charge in [-0.05, 0) is 19.1 Å². The fraction of sp³-hybridized carbons (Fsp3) is 0.650. The van der Waals surface area contributed by atoms with Crippen LogP contribution in [-0.2, 0) is 4.74 Å². The average molecular weight is 377 g/mol. The Bertz CT molecular complexity index is 623. The summed E-state index contributed by atoms with van der Waals surface area (Å²) in [6.45, 7) is 8.18. The molecule has 27 heavy (non-hydrogen) atoms. The van der Waals surface area contributed by atoms with Crippen molar-refractivity contribution in [3.05, 3.63) is 24.3 Å². The summed E-state index contributed by atoms with van der Waals surface area (Å²) in [6.07, 6.45) is 1.30. The predicted molar refractivity (Wildman–Crippen MR) is 108 cm³/mol. The molecule has 2 saturated heterocycles. The highest BCUT2D eigenvalue weighted by molar-refractivity contribution is 5.80. The standard InChI is InChI=1S/C20H32N4O3/c1-3-21-19(22-16-20(25)7-13-27-14-8-20)24-11-9-23(10-12-24)17-5-4-6-18(15-17)26-2/h4-6,15,25H,3,7-14,16H2,1-2H3,(H,21,22). The molecule has 0 bridgehead atoms. The van der Waals surface area contributed by atoms with Crippen molar-refractivity contribution in [2.75, 3.05) is 64.5 Å². The number of rotatable bonds is 5. The van der Waals surface area contributed by atoms with Gasteiger partial charge in [0.15, 0.2) is 5.96 Å². The van der Waals surface area contributed by atoms with Crippen LogP contribution in [0.1, 0.15) is 19.8 Å². The summed E-state index contributed by atoms with van der Waals surface area (Å²) in [5.74, 6) is 1.78. The van der Waals surface area contributed by atoms with Gasteiger partial charge in [0.25, 0.3) is 0 Å². The summed E-state index contributed by atoms with van der Waals surface area (Å²) in [5.41, 5.74) is 0.453. The van der Waals surface area contributed by atoms with Crippen LogP contribution in [-0.4, -0.2) is 81.2 Å². The highest BCUT2D eigenvalue weighted by atomic mass is 16.5. The number of nitrogens with zero attached hydrogens (tertiary/aromatic N) is 3. The first kappa shape index (κ1) is 19.8. The van der Waals surface area contributed by atoms with E-state index in [2.05, 4.69) is 34.2 Å². The van der Waals surface area contributed by atoms with E-state index < -0.39 is 5.60 Å². The Balaban J connectivity index is 1.60. The minimum absolute atomic E-state index is 0.425. The normalized spacial score (nSPS) is 20.5. The van der Waals surface area contributed by atoms with Crippen LogP contribution in [0.3, 0.4) is 0 Å². The lowest BCUT2D eigenvalue weighted by Crippen LogP contribution is -2.53. The summed E-state index contributed by atoms with van der Waals surface area (Å²) >= 11 is 0. The van der Waals surface area contributed by atoms with Crippen LogP contribution in [0.15, 0.2) is 29.3 Å². The molecule has 2 N–H and O–H groups in total. The van der Waals surface area contributed by atoms with Crippen LogP contribution in [0.5, 0.6) is 5.75 Å². The van der Waals surface area contributed by atoms with Gasteiger partial charge in [0.2, 0.25) is 0 Å². The molecule has 3 rings (SSSR count). The number of methoxy groups -OCH3 is 1. The topological polar surface area (TPSA) is 69.6 Å². The van der Waals surface area contributed by atoms with Gasteiger partial charge in [-0.25, -0.2) is 0 Å². The van der Waals surface area contributed by atoms with E-state index >= 15 is 0 Å². The van der Waals surface area contributed by atoms with Gasteiger partial charge in [0.1, 0.15) is 5.75 Å². The van der Waals surface area contributed by atoms with Crippen molar-refractivity contribution in [2.45, 2.75) is 25.4 Å². The molecule has 7 nitrogen and oxygen atoms in total. The Morgan fingerprint density at radius 2 is 2.00 bits per heavy atom. The molecule has 2 aliphatic rings. The van der Waals surface area contributed by atoms with E-state index in [4.69, 9.17) is 14.5 Å². The molecule has 1 aromatic rings. The number of anilines is 1. The van der Waals surface area contributed by atoms with Crippen LogP contribution in [0.25, 0.3) is 0 Å². The summed E-state index contributed by atoms with van der Waals surface area (Å²) < 4.78 is 10.7. The van der Waals surface area contributed by atoms with Crippen LogP contribution < -0.4 is 15.0 Å². The van der Waals surface area contributed by atoms with E-state index in [-0.39, 0.29) is 0 Å². The van der Waals surface area contributed by atoms with Gasteiger partial charge in [-0.15, -0.1) is 0 Å². The second-order valence-corrected chi connectivity index (χ2v) is 7.18. The maximum atomic E-state index is 10.7. The molecule has 2 fully saturated rings. The van der Waals surface area contributed by atoms with E-state index in [0.29, 0.717) is 32.6 Å². The number of ether oxygens (including phenoxy) is 2. The largest absolute Gasteiger partial charge is 0.497 e. The average Bonchev–Trinajstić information content (AvgIpc) is 2.72. The zero-order valence-electron chi connectivity index (χ0n) is 16.5. The van der Waals surface area contributed by atoms with Crippen molar-refractivity contribution in [3.63, 3.8) is 0 Å². The van der Waals surface area contributed by atoms with Crippen molar-refractivity contribution in [1.29, 1.82) is 0 Å². The third kappa shape index (κ3) is 5.26. The number of benzene rings is 1. The van der Waals surface area contributed by atoms with E-state index in [9.17, 15) is 5.11 Å². The Morgan fingerprint density at radius 3 is 2.67 bits per heavy atom. The zero-order valence-corrected chi connectivity index (χ0v) is 16.5. The Labute approximate surface area is 162 Å². The first-order valence-corrected chi connectivity index (χ1v) is 9.86. The summed E-state index contributed by atoms with van der Waals surface area (Å²) in [7, 11) is 1.70. The monoisotopic (exact) mass is 376 g/mol. The van der Waals surface area contributed by atoms with E-state index in [1.165, 1.54) is 5.69 Å². The van der Waals surface area contributed by atoms with Gasteiger partial charge in [-0.3, -0.25) is 4.99 Å². The van der Waals surface area contributed by atoms with E-state index in [1.807, 2.05) is 12.1 Å². The Kier molecular flexibility index (Phi) is 6.79. The van der Waals surface area contributed by atoms with Crippen LogP contribution in [0.4, 0.5) is 5.69 Å². The number of hydrogen-bond donors (Lipinski definition) is 2. The molecule has 0 amide bonds. The number of piperazine rings is 1. The fourth-order valence-corrected chi connectivity index (χ4v) is 3.54. The van der Waals surface area contributed by atoms with Crippen LogP contribution in [0, 0.1) is 0 Å². The number of nitrogens with one attached hydrogen (secondary N) is 1. The van der Waals surface area contributed by atoms with Crippen molar-refractivity contribution >= 4 is 11.6 Å². The van der Waals surface area contributed by atoms with Crippen molar-refractivity contribution < 1.29 is 14.6 Å². The third-order valence-corrected chi connectivity index (χ3v) is 5.28. The van der Waals surface area contributed by atoms with Gasteiger partial charge >= 0.3 is 0 Å². The quantitative estimate of drug-likeness (QED) is 0.597. The maximum Gasteiger partial charge on any atom is 0.194 e. The predicted octanol–water partition coefficient (Wildman–Crippen LogP) is 1.32. The Morgan fingerprint density at radius 1 is 1.26 bits per heavy atom. The van der Waals surface area contributed by atoms with Gasteiger partial charge < -0.3 is 29.7 Å². The molecule has 150 valence electrons. The van der Waals surface area contributed by atoms with E-state index in [0.717, 1.165) is 44.4 Å². The minimum atomic E-state index is -0.735. The number of aliphatic imine (C=N–C) groups is 1. The molecule has 0 radical (unpaired) electrons. The molecule has 0 aromatic heterocycles. The summed E-state index contributed by atoms with van der Waals surface area (Å²) in [6, 6.07) is 8.20. The first-order valence-electron chi connectivity index (χ1n) is 9.86. The molecule has 2 aliphatic heterocycles. The number of hydrogen-bond acceptors (Lipinski definition) is 5. The maximum absolute atomic E-state index is 10.7. The third-order valence-electron chi connectivity index (χ3n) is 5.28. The molecule has 7 heteroatoms. The van der Waals surface area contributed by atoms with Gasteiger partial charge in [-0.1, -0.05) is 6.07 Å². The molecule has 0 atom stereocenters. The smallest absolute Gasteiger partial charge is 0.194 e. The molecular weight excluding hydrogens is 344 g/mol. The number of guanidine groups is 1. The molecule has 0 spiro atoms.